The normalized spacial score (nSPS) is 15.9. The molecule has 0 radical (unpaired) electrons. The van der Waals surface area contributed by atoms with Crippen LogP contribution in [0.3, 0.4) is 0 Å². The van der Waals surface area contributed by atoms with Gasteiger partial charge >= 0.3 is 0 Å². The number of hydrogen-bond donors (Lipinski definition) is 3. The molecule has 3 aromatic rings. The summed E-state index contributed by atoms with van der Waals surface area (Å²) in [5.41, 5.74) is 8.66. The Morgan fingerprint density at radius 2 is 1.89 bits per heavy atom. The lowest BCUT2D eigenvalue weighted by molar-refractivity contribution is 0.0722. The van der Waals surface area contributed by atoms with Crippen LogP contribution in [0.1, 0.15) is 39.3 Å². The molecule has 2 aromatic carbocycles. The highest BCUT2D eigenvalue weighted by Crippen LogP contribution is 2.36. The van der Waals surface area contributed by atoms with Crippen molar-refractivity contribution in [2.24, 2.45) is 5.73 Å². The molecule has 28 heavy (non-hydrogen) atoms. The molecule has 7 nitrogen and oxygen atoms in total. The van der Waals surface area contributed by atoms with E-state index in [9.17, 15) is 9.59 Å². The topological polar surface area (TPSA) is 100 Å². The fraction of sp³-hybridized carbons (Fsp3) is 0.333. The number of ether oxygens (including phenoxy) is 1. The molecule has 146 valence electrons. The predicted molar refractivity (Wildman–Crippen MR) is 109 cm³/mol. The van der Waals surface area contributed by atoms with Crippen LogP contribution in [0, 0.1) is 0 Å². The van der Waals surface area contributed by atoms with E-state index < -0.39 is 12.0 Å². The van der Waals surface area contributed by atoms with Crippen molar-refractivity contribution in [2.45, 2.75) is 13.0 Å². The van der Waals surface area contributed by atoms with E-state index in [0.29, 0.717) is 35.3 Å². The summed E-state index contributed by atoms with van der Waals surface area (Å²) < 4.78 is 5.52. The zero-order valence-corrected chi connectivity index (χ0v) is 16.0. The smallest absolute Gasteiger partial charge is 0.254 e. The first kappa shape index (κ1) is 18.5. The lowest BCUT2D eigenvalue weighted by Crippen LogP contribution is -2.46. The molecule has 0 saturated carbocycles. The molecule has 1 fully saturated rings. The first-order chi connectivity index (χ1) is 13.5. The van der Waals surface area contributed by atoms with Gasteiger partial charge in [-0.1, -0.05) is 18.2 Å². The molecule has 4 rings (SSSR count). The van der Waals surface area contributed by atoms with Gasteiger partial charge in [0.15, 0.2) is 0 Å². The van der Waals surface area contributed by atoms with Crippen molar-refractivity contribution in [1.29, 1.82) is 0 Å². The molecule has 1 aromatic heterocycles. The third-order valence-corrected chi connectivity index (χ3v) is 5.49. The number of aromatic amines is 1. The summed E-state index contributed by atoms with van der Waals surface area (Å²) in [6.07, 6.45) is -0.458. The summed E-state index contributed by atoms with van der Waals surface area (Å²) in [6, 6.07) is 9.64. The van der Waals surface area contributed by atoms with E-state index in [-0.39, 0.29) is 5.91 Å². The predicted octanol–water partition coefficient (Wildman–Crippen LogP) is 2.17. The second-order valence-corrected chi connectivity index (χ2v) is 7.09. The van der Waals surface area contributed by atoms with Crippen LogP contribution in [0.2, 0.25) is 0 Å². The summed E-state index contributed by atoms with van der Waals surface area (Å²) in [5, 5.41) is 5.02. The quantitative estimate of drug-likeness (QED) is 0.646. The van der Waals surface area contributed by atoms with Crippen LogP contribution in [-0.4, -0.2) is 55.0 Å². The number of nitrogens with one attached hydrogen (secondary N) is 2. The number of nitrogens with zero attached hydrogens (tertiary/aromatic N) is 1. The van der Waals surface area contributed by atoms with Gasteiger partial charge in [-0.15, -0.1) is 0 Å². The molecule has 2 amide bonds. The number of fused-ring (bicyclic) bond motifs is 3. The van der Waals surface area contributed by atoms with E-state index in [4.69, 9.17) is 10.5 Å². The number of hydrogen-bond acceptors (Lipinski definition) is 4. The summed E-state index contributed by atoms with van der Waals surface area (Å²) in [4.78, 5) is 31.0. The van der Waals surface area contributed by atoms with Gasteiger partial charge in [0.05, 0.1) is 17.2 Å². The van der Waals surface area contributed by atoms with Gasteiger partial charge in [-0.3, -0.25) is 9.59 Å². The van der Waals surface area contributed by atoms with Crippen molar-refractivity contribution in [3.8, 4) is 0 Å². The number of carbonyl (C=O) groups excluding carboxylic acids is 2. The van der Waals surface area contributed by atoms with E-state index in [1.807, 2.05) is 42.2 Å². The van der Waals surface area contributed by atoms with Gasteiger partial charge < -0.3 is 25.7 Å². The summed E-state index contributed by atoms with van der Waals surface area (Å²) in [6.45, 7) is 4.57. The maximum absolute atomic E-state index is 13.4. The van der Waals surface area contributed by atoms with Crippen LogP contribution in [0.25, 0.3) is 21.8 Å². The molecule has 1 atom stereocenters. The van der Waals surface area contributed by atoms with Gasteiger partial charge in [0.2, 0.25) is 0 Å². The Bertz CT molecular complexity index is 1070. The standard InChI is InChI=1S/C21H24N4O3/c1-12(28-2)17-15(21(27)25-9-7-23-8-10-25)11-14-13-5-3-4-6-16(13)24-19(14)18(17)20(22)26/h3-6,11-12,23-24H,7-10H2,1-2H3,(H2,22,26). The van der Waals surface area contributed by atoms with Crippen LogP contribution >= 0.6 is 0 Å². The van der Waals surface area contributed by atoms with E-state index in [1.54, 1.807) is 7.11 Å². The average Bonchev–Trinajstić information content (AvgIpc) is 3.10. The van der Waals surface area contributed by atoms with Gasteiger partial charge in [-0.05, 0) is 19.1 Å². The number of carbonyl (C=O) groups is 2. The maximum Gasteiger partial charge on any atom is 0.254 e. The van der Waals surface area contributed by atoms with Crippen molar-refractivity contribution >= 4 is 33.6 Å². The molecule has 1 saturated heterocycles. The second-order valence-electron chi connectivity index (χ2n) is 7.09. The molecular formula is C21H24N4O3. The Hall–Kier alpha value is -2.90. The molecule has 1 unspecified atom stereocenters. The Labute approximate surface area is 162 Å². The van der Waals surface area contributed by atoms with E-state index in [0.717, 1.165) is 29.4 Å². The van der Waals surface area contributed by atoms with Gasteiger partial charge in [-0.2, -0.15) is 0 Å². The lowest BCUT2D eigenvalue weighted by Gasteiger charge is -2.29. The highest BCUT2D eigenvalue weighted by Gasteiger charge is 2.29. The number of amides is 2. The second kappa shape index (κ2) is 7.26. The molecular weight excluding hydrogens is 356 g/mol. The Kier molecular flexibility index (Phi) is 4.78. The van der Waals surface area contributed by atoms with Crippen molar-refractivity contribution in [2.75, 3.05) is 33.3 Å². The fourth-order valence-electron chi connectivity index (χ4n) is 4.01. The molecule has 7 heteroatoms. The Morgan fingerprint density at radius 1 is 1.18 bits per heavy atom. The number of H-pyrrole nitrogens is 1. The number of piperazine rings is 1. The third-order valence-electron chi connectivity index (χ3n) is 5.49. The van der Waals surface area contributed by atoms with E-state index >= 15 is 0 Å². The van der Waals surface area contributed by atoms with Crippen molar-refractivity contribution < 1.29 is 14.3 Å². The molecule has 0 aliphatic carbocycles. The zero-order valence-electron chi connectivity index (χ0n) is 16.0. The fourth-order valence-corrected chi connectivity index (χ4v) is 4.01. The number of primary amides is 1. The van der Waals surface area contributed by atoms with Gasteiger partial charge in [0.1, 0.15) is 0 Å². The van der Waals surface area contributed by atoms with Crippen molar-refractivity contribution in [1.82, 2.24) is 15.2 Å². The SMILES string of the molecule is COC(C)c1c(C(=O)N2CCNCC2)cc2c([nH]c3ccccc32)c1C(N)=O. The number of nitrogens with two attached hydrogens (primary N) is 1. The average molecular weight is 380 g/mol. The van der Waals surface area contributed by atoms with Gasteiger partial charge in [0.25, 0.3) is 11.8 Å². The minimum Gasteiger partial charge on any atom is -0.377 e. The highest BCUT2D eigenvalue weighted by molar-refractivity contribution is 6.18. The highest BCUT2D eigenvalue weighted by atomic mass is 16.5. The van der Waals surface area contributed by atoms with Crippen LogP contribution in [0.4, 0.5) is 0 Å². The Morgan fingerprint density at radius 3 is 2.57 bits per heavy atom. The Balaban J connectivity index is 2.04. The number of aromatic nitrogens is 1. The third kappa shape index (κ3) is 2.93. The maximum atomic E-state index is 13.4. The molecule has 1 aliphatic rings. The van der Waals surface area contributed by atoms with Crippen LogP contribution in [0.5, 0.6) is 0 Å². The summed E-state index contributed by atoms with van der Waals surface area (Å²) in [7, 11) is 1.56. The van der Waals surface area contributed by atoms with Gasteiger partial charge in [0, 0.05) is 60.7 Å². The molecule has 4 N–H and O–H groups in total. The van der Waals surface area contributed by atoms with E-state index in [2.05, 4.69) is 10.3 Å². The molecule has 0 spiro atoms. The van der Waals surface area contributed by atoms with Crippen LogP contribution in [-0.2, 0) is 4.74 Å². The largest absolute Gasteiger partial charge is 0.377 e. The number of methoxy groups -OCH3 is 1. The zero-order chi connectivity index (χ0) is 19.8. The molecule has 1 aliphatic heterocycles. The molecule has 2 heterocycles. The number of para-hydroxylation sites is 1. The van der Waals surface area contributed by atoms with Crippen molar-refractivity contribution in [3.05, 3.63) is 47.0 Å². The lowest BCUT2D eigenvalue weighted by atomic mass is 9.92. The number of benzene rings is 2. The minimum atomic E-state index is -0.578. The molecule has 0 bridgehead atoms. The van der Waals surface area contributed by atoms with Crippen LogP contribution < -0.4 is 11.1 Å². The summed E-state index contributed by atoms with van der Waals surface area (Å²) in [5.74, 6) is -0.680. The monoisotopic (exact) mass is 380 g/mol. The minimum absolute atomic E-state index is 0.102. The first-order valence-electron chi connectivity index (χ1n) is 9.42. The van der Waals surface area contributed by atoms with Gasteiger partial charge in [-0.25, -0.2) is 0 Å². The van der Waals surface area contributed by atoms with E-state index in [1.165, 1.54) is 0 Å². The number of rotatable bonds is 4. The first-order valence-corrected chi connectivity index (χ1v) is 9.42. The van der Waals surface area contributed by atoms with Crippen molar-refractivity contribution in [3.63, 3.8) is 0 Å². The van der Waals surface area contributed by atoms with Crippen LogP contribution in [0.15, 0.2) is 30.3 Å². The summed E-state index contributed by atoms with van der Waals surface area (Å²) >= 11 is 0.